The van der Waals surface area contributed by atoms with E-state index in [1.807, 2.05) is 0 Å². The molecule has 0 unspecified atom stereocenters. The summed E-state index contributed by atoms with van der Waals surface area (Å²) >= 11 is 0. The maximum absolute atomic E-state index is 8.89. The van der Waals surface area contributed by atoms with Crippen molar-refractivity contribution >= 4 is 0 Å². The Bertz CT molecular complexity index is 146. The van der Waals surface area contributed by atoms with Gasteiger partial charge in [-0.1, -0.05) is 6.42 Å². The van der Waals surface area contributed by atoms with E-state index < -0.39 is 0 Å². The van der Waals surface area contributed by atoms with Gasteiger partial charge >= 0.3 is 0 Å². The van der Waals surface area contributed by atoms with Gasteiger partial charge in [-0.3, -0.25) is 4.90 Å². The standard InChI is InChI=1S/C9H17NO/c1-8(5-11)10-6-9(7-10)3-2-4-9/h8,11H,2-7H2,1H3/t8-/m0/s1. The average Bonchev–Trinajstić information content (AvgIpc) is 1.81. The highest BCUT2D eigenvalue weighted by Crippen LogP contribution is 2.48. The number of rotatable bonds is 2. The van der Waals surface area contributed by atoms with E-state index in [1.54, 1.807) is 0 Å². The molecule has 2 heteroatoms. The number of nitrogens with zero attached hydrogens (tertiary/aromatic N) is 1. The predicted octanol–water partition coefficient (Wildman–Crippen LogP) is 0.853. The van der Waals surface area contributed by atoms with Crippen molar-refractivity contribution in [3.8, 4) is 0 Å². The fourth-order valence-electron chi connectivity index (χ4n) is 2.24. The molecule has 2 rings (SSSR count). The van der Waals surface area contributed by atoms with Crippen LogP contribution in [0.3, 0.4) is 0 Å². The van der Waals surface area contributed by atoms with Crippen molar-refractivity contribution in [2.45, 2.75) is 32.2 Å². The van der Waals surface area contributed by atoms with Crippen molar-refractivity contribution in [1.29, 1.82) is 0 Å². The molecule has 1 aliphatic heterocycles. The summed E-state index contributed by atoms with van der Waals surface area (Å²) in [7, 11) is 0. The Morgan fingerprint density at radius 2 is 2.09 bits per heavy atom. The van der Waals surface area contributed by atoms with Crippen molar-refractivity contribution in [3.05, 3.63) is 0 Å². The van der Waals surface area contributed by atoms with Crippen LogP contribution >= 0.6 is 0 Å². The van der Waals surface area contributed by atoms with Gasteiger partial charge in [0.15, 0.2) is 0 Å². The first-order chi connectivity index (χ1) is 5.26. The number of hydrogen-bond donors (Lipinski definition) is 1. The van der Waals surface area contributed by atoms with E-state index in [9.17, 15) is 0 Å². The normalized spacial score (nSPS) is 31.1. The second kappa shape index (κ2) is 2.46. The second-order valence-electron chi connectivity index (χ2n) is 4.29. The summed E-state index contributed by atoms with van der Waals surface area (Å²) in [4.78, 5) is 2.39. The molecular weight excluding hydrogens is 138 g/mol. The van der Waals surface area contributed by atoms with Crippen LogP contribution in [0.5, 0.6) is 0 Å². The van der Waals surface area contributed by atoms with E-state index in [1.165, 1.54) is 32.4 Å². The second-order valence-corrected chi connectivity index (χ2v) is 4.29. The number of hydrogen-bond acceptors (Lipinski definition) is 2. The molecule has 1 heterocycles. The van der Waals surface area contributed by atoms with Gasteiger partial charge in [-0.2, -0.15) is 0 Å². The zero-order chi connectivity index (χ0) is 7.90. The lowest BCUT2D eigenvalue weighted by molar-refractivity contribution is -0.0878. The van der Waals surface area contributed by atoms with Crippen LogP contribution < -0.4 is 0 Å². The Hall–Kier alpha value is -0.0800. The van der Waals surface area contributed by atoms with E-state index in [0.717, 1.165) is 0 Å². The molecule has 0 aromatic heterocycles. The van der Waals surface area contributed by atoms with Crippen molar-refractivity contribution in [3.63, 3.8) is 0 Å². The first-order valence-electron chi connectivity index (χ1n) is 4.61. The molecule has 2 fully saturated rings. The third-order valence-corrected chi connectivity index (χ3v) is 3.38. The molecule has 0 aromatic carbocycles. The van der Waals surface area contributed by atoms with Crippen LogP contribution in [-0.2, 0) is 0 Å². The molecule has 0 radical (unpaired) electrons. The molecule has 1 saturated heterocycles. The van der Waals surface area contributed by atoms with Gasteiger partial charge in [-0.25, -0.2) is 0 Å². The maximum atomic E-state index is 8.89. The van der Waals surface area contributed by atoms with E-state index in [2.05, 4.69) is 11.8 Å². The predicted molar refractivity (Wildman–Crippen MR) is 44.4 cm³/mol. The molecule has 0 bridgehead atoms. The minimum Gasteiger partial charge on any atom is -0.395 e. The molecular formula is C9H17NO. The number of likely N-dealkylation sites (tertiary alicyclic amines) is 1. The molecule has 1 spiro atoms. The Morgan fingerprint density at radius 3 is 2.45 bits per heavy atom. The summed E-state index contributed by atoms with van der Waals surface area (Å²) < 4.78 is 0. The molecule has 1 atom stereocenters. The van der Waals surface area contributed by atoms with Gasteiger partial charge in [0.1, 0.15) is 0 Å². The summed E-state index contributed by atoms with van der Waals surface area (Å²) in [5.74, 6) is 0. The molecule has 11 heavy (non-hydrogen) atoms. The maximum Gasteiger partial charge on any atom is 0.0584 e. The Kier molecular flexibility index (Phi) is 1.69. The van der Waals surface area contributed by atoms with Gasteiger partial charge in [0, 0.05) is 19.1 Å². The quantitative estimate of drug-likeness (QED) is 0.639. The highest BCUT2D eigenvalue weighted by molar-refractivity contribution is 5.01. The van der Waals surface area contributed by atoms with E-state index in [0.29, 0.717) is 18.1 Å². The van der Waals surface area contributed by atoms with Gasteiger partial charge in [0.25, 0.3) is 0 Å². The Labute approximate surface area is 68.2 Å². The number of aliphatic hydroxyl groups is 1. The zero-order valence-electron chi connectivity index (χ0n) is 7.21. The fraction of sp³-hybridized carbons (Fsp3) is 1.00. The summed E-state index contributed by atoms with van der Waals surface area (Å²) in [6, 6.07) is 0.390. The SMILES string of the molecule is C[C@@H](CO)N1CC2(CCC2)C1. The first-order valence-corrected chi connectivity index (χ1v) is 4.61. The van der Waals surface area contributed by atoms with E-state index in [4.69, 9.17) is 5.11 Å². The molecule has 0 amide bonds. The molecule has 2 aliphatic rings. The molecule has 1 aliphatic carbocycles. The third kappa shape index (κ3) is 1.09. The van der Waals surface area contributed by atoms with Crippen LogP contribution in [0.25, 0.3) is 0 Å². The minimum atomic E-state index is 0.316. The molecule has 1 N–H and O–H groups in total. The largest absolute Gasteiger partial charge is 0.395 e. The van der Waals surface area contributed by atoms with Gasteiger partial charge in [-0.15, -0.1) is 0 Å². The van der Waals surface area contributed by atoms with Crippen molar-refractivity contribution in [2.75, 3.05) is 19.7 Å². The van der Waals surface area contributed by atoms with Crippen LogP contribution in [0.4, 0.5) is 0 Å². The van der Waals surface area contributed by atoms with Crippen molar-refractivity contribution in [1.82, 2.24) is 4.90 Å². The smallest absolute Gasteiger partial charge is 0.0584 e. The van der Waals surface area contributed by atoms with Gasteiger partial charge in [0.2, 0.25) is 0 Å². The van der Waals surface area contributed by atoms with Crippen molar-refractivity contribution in [2.24, 2.45) is 5.41 Å². The third-order valence-electron chi connectivity index (χ3n) is 3.38. The van der Waals surface area contributed by atoms with Gasteiger partial charge in [-0.05, 0) is 25.2 Å². The zero-order valence-corrected chi connectivity index (χ0v) is 7.21. The van der Waals surface area contributed by atoms with Gasteiger partial charge in [0.05, 0.1) is 6.61 Å². The van der Waals surface area contributed by atoms with E-state index in [-0.39, 0.29) is 0 Å². The lowest BCUT2D eigenvalue weighted by atomic mass is 9.63. The van der Waals surface area contributed by atoms with Crippen molar-refractivity contribution < 1.29 is 5.11 Å². The van der Waals surface area contributed by atoms with Crippen LogP contribution in [0.1, 0.15) is 26.2 Å². The lowest BCUT2D eigenvalue weighted by Gasteiger charge is -2.57. The lowest BCUT2D eigenvalue weighted by Crippen LogP contribution is -2.62. The first kappa shape index (κ1) is 7.56. The summed E-state index contributed by atoms with van der Waals surface area (Å²) in [6.45, 7) is 4.91. The highest BCUT2D eigenvalue weighted by atomic mass is 16.3. The minimum absolute atomic E-state index is 0.316. The molecule has 64 valence electrons. The van der Waals surface area contributed by atoms with Crippen LogP contribution in [0.15, 0.2) is 0 Å². The van der Waals surface area contributed by atoms with Gasteiger partial charge < -0.3 is 5.11 Å². The molecule has 1 saturated carbocycles. The fourth-order valence-corrected chi connectivity index (χ4v) is 2.24. The van der Waals surface area contributed by atoms with Crippen LogP contribution in [0, 0.1) is 5.41 Å². The molecule has 2 nitrogen and oxygen atoms in total. The van der Waals surface area contributed by atoms with E-state index >= 15 is 0 Å². The highest BCUT2D eigenvalue weighted by Gasteiger charge is 2.48. The summed E-state index contributed by atoms with van der Waals surface area (Å²) in [5.41, 5.74) is 0.712. The van der Waals surface area contributed by atoms with Crippen LogP contribution in [-0.4, -0.2) is 35.7 Å². The van der Waals surface area contributed by atoms with Crippen LogP contribution in [0.2, 0.25) is 0 Å². The summed E-state index contributed by atoms with van der Waals surface area (Å²) in [5, 5.41) is 8.89. The molecule has 0 aromatic rings. The topological polar surface area (TPSA) is 23.5 Å². The summed E-state index contributed by atoms with van der Waals surface area (Å²) in [6.07, 6.45) is 4.30. The number of aliphatic hydroxyl groups excluding tert-OH is 1. The average molecular weight is 155 g/mol. The Balaban J connectivity index is 1.78. The monoisotopic (exact) mass is 155 g/mol. The Morgan fingerprint density at radius 1 is 1.45 bits per heavy atom.